The second-order valence-corrected chi connectivity index (χ2v) is 6.83. The molecule has 0 saturated heterocycles. The first kappa shape index (κ1) is 20.1. The molecule has 1 aliphatic rings. The van der Waals surface area contributed by atoms with Gasteiger partial charge in [-0.3, -0.25) is 9.69 Å². The van der Waals surface area contributed by atoms with Crippen LogP contribution in [0.5, 0.6) is 0 Å². The van der Waals surface area contributed by atoms with Crippen molar-refractivity contribution < 1.29 is 4.52 Å². The average molecular weight is 380 g/mol. The van der Waals surface area contributed by atoms with E-state index in [-0.39, 0.29) is 5.56 Å². The molecule has 0 spiro atoms. The third kappa shape index (κ3) is 5.92. The van der Waals surface area contributed by atoms with Crippen LogP contribution in [0.1, 0.15) is 22.5 Å². The van der Waals surface area contributed by atoms with E-state index in [0.29, 0.717) is 13.1 Å². The first-order valence-corrected chi connectivity index (χ1v) is 9.66. The molecule has 0 bridgehead atoms. The number of nitrogens with one attached hydrogen (secondary N) is 2. The molecule has 2 aromatic carbocycles. The summed E-state index contributed by atoms with van der Waals surface area (Å²) < 4.78 is 4.89. The summed E-state index contributed by atoms with van der Waals surface area (Å²) in [7, 11) is 0. The Labute approximate surface area is 165 Å². The van der Waals surface area contributed by atoms with Gasteiger partial charge in [0.1, 0.15) is 0 Å². The van der Waals surface area contributed by atoms with E-state index < -0.39 is 0 Å². The first-order chi connectivity index (χ1) is 13.8. The fourth-order valence-corrected chi connectivity index (χ4v) is 3.25. The maximum Gasteiger partial charge on any atom is 0.283 e. The molecule has 0 aliphatic carbocycles. The fraction of sp³-hybridized carbons (Fsp3) is 0.318. The Kier molecular flexibility index (Phi) is 7.61. The number of aromatic nitrogens is 1. The van der Waals surface area contributed by atoms with Crippen molar-refractivity contribution >= 4 is 0 Å². The monoisotopic (exact) mass is 380 g/mol. The lowest BCUT2D eigenvalue weighted by atomic mass is 10.1. The van der Waals surface area contributed by atoms with Crippen LogP contribution < -0.4 is 16.6 Å². The van der Waals surface area contributed by atoms with Crippen molar-refractivity contribution in [2.24, 2.45) is 5.73 Å². The van der Waals surface area contributed by atoms with Crippen LogP contribution in [-0.2, 0) is 26.1 Å². The highest BCUT2D eigenvalue weighted by Crippen LogP contribution is 2.09. The van der Waals surface area contributed by atoms with Crippen LogP contribution in [0, 0.1) is 0 Å². The SMILES string of the molecule is NCCN(Cc1ccccc1)Cc1ccccc1.O=c1[nH]oc2c1CCNC2. The summed E-state index contributed by atoms with van der Waals surface area (Å²) in [4.78, 5) is 13.3. The van der Waals surface area contributed by atoms with Crippen molar-refractivity contribution in [2.45, 2.75) is 26.1 Å². The summed E-state index contributed by atoms with van der Waals surface area (Å²) in [5.74, 6) is 0.760. The minimum absolute atomic E-state index is 0.0727. The topological polar surface area (TPSA) is 87.3 Å². The first-order valence-electron chi connectivity index (χ1n) is 9.66. The van der Waals surface area contributed by atoms with E-state index in [9.17, 15) is 4.79 Å². The Morgan fingerprint density at radius 2 is 1.57 bits per heavy atom. The van der Waals surface area contributed by atoms with E-state index >= 15 is 0 Å². The molecule has 3 aromatic rings. The van der Waals surface area contributed by atoms with Gasteiger partial charge in [-0.05, 0) is 24.1 Å². The standard InChI is InChI=1S/C16H20N2.C6H8N2O2/c17-11-12-18(13-15-7-3-1-4-8-15)14-16-9-5-2-6-10-16;9-6-4-1-2-7-3-5(4)10-8-6/h1-10H,11-14,17H2;7H,1-3H2,(H,8,9). The number of benzene rings is 2. The smallest absolute Gasteiger partial charge is 0.283 e. The Morgan fingerprint density at radius 1 is 0.964 bits per heavy atom. The van der Waals surface area contributed by atoms with Gasteiger partial charge in [-0.2, -0.15) is 5.16 Å². The third-order valence-electron chi connectivity index (χ3n) is 4.66. The van der Waals surface area contributed by atoms with E-state index in [2.05, 4.69) is 63.9 Å². The lowest BCUT2D eigenvalue weighted by molar-refractivity contribution is 0.264. The molecular formula is C22H28N4O2. The third-order valence-corrected chi connectivity index (χ3v) is 4.66. The van der Waals surface area contributed by atoms with Gasteiger partial charge in [0.05, 0.1) is 12.1 Å². The largest absolute Gasteiger partial charge is 0.382 e. The van der Waals surface area contributed by atoms with Gasteiger partial charge < -0.3 is 15.6 Å². The molecule has 1 aliphatic heterocycles. The molecule has 28 heavy (non-hydrogen) atoms. The molecule has 0 unspecified atom stereocenters. The van der Waals surface area contributed by atoms with Crippen LogP contribution in [-0.4, -0.2) is 29.7 Å². The molecule has 6 heteroatoms. The lowest BCUT2D eigenvalue weighted by Crippen LogP contribution is -2.28. The Hall–Kier alpha value is -2.67. The summed E-state index contributed by atoms with van der Waals surface area (Å²) in [5.41, 5.74) is 9.10. The predicted molar refractivity (Wildman–Crippen MR) is 111 cm³/mol. The number of rotatable bonds is 6. The molecule has 2 heterocycles. The molecular weight excluding hydrogens is 352 g/mol. The van der Waals surface area contributed by atoms with E-state index in [1.165, 1.54) is 11.1 Å². The predicted octanol–water partition coefficient (Wildman–Crippen LogP) is 2.26. The van der Waals surface area contributed by atoms with Gasteiger partial charge >= 0.3 is 0 Å². The van der Waals surface area contributed by atoms with E-state index in [1.54, 1.807) is 0 Å². The highest BCUT2D eigenvalue weighted by Gasteiger charge is 2.15. The zero-order valence-corrected chi connectivity index (χ0v) is 16.1. The Balaban J connectivity index is 0.000000188. The summed E-state index contributed by atoms with van der Waals surface area (Å²) in [6.45, 7) is 5.06. The number of fused-ring (bicyclic) bond motifs is 1. The quantitative estimate of drug-likeness (QED) is 0.611. The van der Waals surface area contributed by atoms with Gasteiger partial charge in [-0.15, -0.1) is 0 Å². The maximum absolute atomic E-state index is 10.9. The highest BCUT2D eigenvalue weighted by molar-refractivity contribution is 5.17. The highest BCUT2D eigenvalue weighted by atomic mass is 16.5. The van der Waals surface area contributed by atoms with Crippen molar-refractivity contribution in [1.82, 2.24) is 15.4 Å². The van der Waals surface area contributed by atoms with Gasteiger partial charge in [-0.25, -0.2) is 0 Å². The second-order valence-electron chi connectivity index (χ2n) is 6.83. The van der Waals surface area contributed by atoms with Crippen LogP contribution in [0.2, 0.25) is 0 Å². The minimum Gasteiger partial charge on any atom is -0.382 e. The van der Waals surface area contributed by atoms with Crippen LogP contribution in [0.15, 0.2) is 70.0 Å². The van der Waals surface area contributed by atoms with Gasteiger partial charge in [0, 0.05) is 26.2 Å². The van der Waals surface area contributed by atoms with Crippen molar-refractivity contribution in [2.75, 3.05) is 19.6 Å². The lowest BCUT2D eigenvalue weighted by Gasteiger charge is -2.21. The minimum atomic E-state index is -0.0727. The summed E-state index contributed by atoms with van der Waals surface area (Å²) in [6, 6.07) is 21.1. The number of hydrogen-bond acceptors (Lipinski definition) is 5. The van der Waals surface area contributed by atoms with Gasteiger partial charge in [0.25, 0.3) is 5.56 Å². The number of aromatic amines is 1. The number of nitrogens with two attached hydrogens (primary N) is 1. The van der Waals surface area contributed by atoms with E-state index in [1.807, 2.05) is 12.1 Å². The molecule has 1 aromatic heterocycles. The second kappa shape index (κ2) is 10.6. The molecule has 0 saturated carbocycles. The van der Waals surface area contributed by atoms with Crippen molar-refractivity contribution in [3.63, 3.8) is 0 Å². The van der Waals surface area contributed by atoms with Crippen LogP contribution in [0.4, 0.5) is 0 Å². The van der Waals surface area contributed by atoms with E-state index in [0.717, 1.165) is 43.9 Å². The van der Waals surface area contributed by atoms with E-state index in [4.69, 9.17) is 10.3 Å². The number of H-pyrrole nitrogens is 1. The Bertz CT molecular complexity index is 833. The summed E-state index contributed by atoms with van der Waals surface area (Å²) in [6.07, 6.45) is 0.779. The normalized spacial score (nSPS) is 12.9. The fourth-order valence-electron chi connectivity index (χ4n) is 3.25. The van der Waals surface area contributed by atoms with Gasteiger partial charge in [-0.1, -0.05) is 60.7 Å². The molecule has 4 N–H and O–H groups in total. The molecule has 0 amide bonds. The van der Waals surface area contributed by atoms with Gasteiger partial charge in [0.15, 0.2) is 5.76 Å². The number of hydrogen-bond donors (Lipinski definition) is 3. The van der Waals surface area contributed by atoms with Crippen molar-refractivity contribution in [3.8, 4) is 0 Å². The maximum atomic E-state index is 10.9. The average Bonchev–Trinajstić information content (AvgIpc) is 3.12. The van der Waals surface area contributed by atoms with Crippen LogP contribution >= 0.6 is 0 Å². The van der Waals surface area contributed by atoms with Gasteiger partial charge in [0.2, 0.25) is 0 Å². The zero-order valence-electron chi connectivity index (χ0n) is 16.1. The van der Waals surface area contributed by atoms with Crippen LogP contribution in [0.25, 0.3) is 0 Å². The van der Waals surface area contributed by atoms with Crippen molar-refractivity contribution in [3.05, 3.63) is 93.5 Å². The summed E-state index contributed by atoms with van der Waals surface area (Å²) in [5, 5.41) is 5.41. The molecule has 148 valence electrons. The molecule has 0 atom stereocenters. The molecule has 6 nitrogen and oxygen atoms in total. The van der Waals surface area contributed by atoms with Crippen molar-refractivity contribution in [1.29, 1.82) is 0 Å². The number of nitrogens with zero attached hydrogens (tertiary/aromatic N) is 1. The van der Waals surface area contributed by atoms with Crippen LogP contribution in [0.3, 0.4) is 0 Å². The Morgan fingerprint density at radius 3 is 2.11 bits per heavy atom. The summed E-state index contributed by atoms with van der Waals surface area (Å²) >= 11 is 0. The molecule has 4 rings (SSSR count). The zero-order chi connectivity index (χ0) is 19.6. The molecule has 0 fully saturated rings. The molecule has 0 radical (unpaired) electrons.